The summed E-state index contributed by atoms with van der Waals surface area (Å²) in [5.41, 5.74) is 6.17. The Morgan fingerprint density at radius 1 is 1.08 bits per heavy atom. The van der Waals surface area contributed by atoms with Gasteiger partial charge in [0.2, 0.25) is 6.33 Å². The van der Waals surface area contributed by atoms with E-state index in [0.29, 0.717) is 13.2 Å². The van der Waals surface area contributed by atoms with E-state index in [0.717, 1.165) is 11.5 Å². The summed E-state index contributed by atoms with van der Waals surface area (Å²) < 4.78 is 10.0. The Morgan fingerprint density at radius 3 is 2.50 bits per heavy atom. The summed E-state index contributed by atoms with van der Waals surface area (Å²) in [7, 11) is 0. The van der Waals surface area contributed by atoms with Crippen molar-refractivity contribution in [2.45, 2.75) is 33.4 Å². The Labute approximate surface area is 142 Å². The monoisotopic (exact) mass is 320 g/mol. The van der Waals surface area contributed by atoms with Crippen molar-refractivity contribution in [3.8, 4) is 5.69 Å². The number of hydrogen-bond donors (Lipinski definition) is 0. The van der Waals surface area contributed by atoms with Gasteiger partial charge in [0.25, 0.3) is 0 Å². The van der Waals surface area contributed by atoms with E-state index >= 15 is 0 Å². The molecule has 2 heterocycles. The van der Waals surface area contributed by atoms with Crippen molar-refractivity contribution in [1.82, 2.24) is 9.78 Å². The van der Waals surface area contributed by atoms with E-state index in [1.165, 1.54) is 22.3 Å². The van der Waals surface area contributed by atoms with Gasteiger partial charge in [-0.2, -0.15) is 0 Å². The fourth-order valence-electron chi connectivity index (χ4n) is 3.67. The normalized spacial score (nSPS) is 16.9. The van der Waals surface area contributed by atoms with Crippen LogP contribution in [0.1, 0.15) is 34.1 Å². The maximum Gasteiger partial charge on any atom is 0.304 e. The molecule has 1 aromatic heterocycles. The van der Waals surface area contributed by atoms with Crippen LogP contribution in [0.15, 0.2) is 48.8 Å². The van der Waals surface area contributed by atoms with Crippen LogP contribution in [0.5, 0.6) is 0 Å². The van der Waals surface area contributed by atoms with E-state index in [1.54, 1.807) is 0 Å². The summed E-state index contributed by atoms with van der Waals surface area (Å²) in [4.78, 5) is 0. The fourth-order valence-corrected chi connectivity index (χ4v) is 3.67. The molecule has 0 fully saturated rings. The minimum atomic E-state index is 0.176. The van der Waals surface area contributed by atoms with Gasteiger partial charge in [-0.25, -0.2) is 4.57 Å². The third-order valence-electron chi connectivity index (χ3n) is 4.65. The van der Waals surface area contributed by atoms with Crippen molar-refractivity contribution in [1.29, 1.82) is 0 Å². The van der Waals surface area contributed by atoms with E-state index < -0.39 is 0 Å². The molecule has 1 atom stereocenters. The number of fused-ring (bicyclic) bond motifs is 1. The Balaban J connectivity index is 1.81. The van der Waals surface area contributed by atoms with E-state index in [4.69, 9.17) is 9.84 Å². The molecule has 0 saturated heterocycles. The highest BCUT2D eigenvalue weighted by Gasteiger charge is 2.31. The number of ether oxygens (including phenoxy) is 1. The van der Waals surface area contributed by atoms with Gasteiger partial charge < -0.3 is 4.74 Å². The highest BCUT2D eigenvalue weighted by Crippen LogP contribution is 2.22. The van der Waals surface area contributed by atoms with Gasteiger partial charge in [0.15, 0.2) is 0 Å². The Morgan fingerprint density at radius 2 is 1.79 bits per heavy atom. The van der Waals surface area contributed by atoms with Crippen molar-refractivity contribution < 1.29 is 9.30 Å². The first kappa shape index (κ1) is 15.1. The molecule has 0 aliphatic carbocycles. The molecule has 0 spiro atoms. The third-order valence-corrected chi connectivity index (χ3v) is 4.65. The van der Waals surface area contributed by atoms with E-state index in [-0.39, 0.29) is 6.04 Å². The number of benzene rings is 2. The predicted molar refractivity (Wildman–Crippen MR) is 92.2 cm³/mol. The van der Waals surface area contributed by atoms with Crippen molar-refractivity contribution >= 4 is 0 Å². The molecule has 4 nitrogen and oxygen atoms in total. The summed E-state index contributed by atoms with van der Waals surface area (Å²) in [6, 6.07) is 15.1. The van der Waals surface area contributed by atoms with Gasteiger partial charge in [-0.1, -0.05) is 52.7 Å². The van der Waals surface area contributed by atoms with Crippen LogP contribution >= 0.6 is 0 Å². The second-order valence-corrected chi connectivity index (χ2v) is 6.57. The number of aromatic nitrogens is 3. The predicted octanol–water partition coefficient (Wildman–Crippen LogP) is 3.20. The molecule has 1 aliphatic rings. The lowest BCUT2D eigenvalue weighted by Gasteiger charge is -2.20. The van der Waals surface area contributed by atoms with E-state index in [9.17, 15) is 0 Å². The molecule has 1 aliphatic heterocycles. The molecule has 0 unspecified atom stereocenters. The third kappa shape index (κ3) is 2.53. The van der Waals surface area contributed by atoms with Gasteiger partial charge in [0.1, 0.15) is 18.3 Å². The van der Waals surface area contributed by atoms with Crippen molar-refractivity contribution in [2.75, 3.05) is 6.61 Å². The maximum absolute atomic E-state index is 5.80. The molecular weight excluding hydrogens is 298 g/mol. The lowest BCUT2D eigenvalue weighted by Crippen LogP contribution is -2.48. The van der Waals surface area contributed by atoms with Crippen LogP contribution in [0.4, 0.5) is 0 Å². The largest absolute Gasteiger partial charge is 0.366 e. The molecule has 4 rings (SSSR count). The van der Waals surface area contributed by atoms with Crippen LogP contribution < -0.4 is 4.57 Å². The topological polar surface area (TPSA) is 30.9 Å². The molecule has 0 bridgehead atoms. The lowest BCUT2D eigenvalue weighted by atomic mass is 10.1. The zero-order valence-corrected chi connectivity index (χ0v) is 14.4. The fraction of sp³-hybridized carbons (Fsp3) is 0.300. The van der Waals surface area contributed by atoms with Gasteiger partial charge in [-0.15, -0.1) is 0 Å². The van der Waals surface area contributed by atoms with Crippen LogP contribution in [0.3, 0.4) is 0 Å². The maximum atomic E-state index is 5.80. The second kappa shape index (κ2) is 5.87. The van der Waals surface area contributed by atoms with Gasteiger partial charge >= 0.3 is 5.82 Å². The Hall–Kier alpha value is -2.46. The SMILES string of the molecule is Cc1cc(C)c(-n2c[n+]3c(n2)COC[C@H]3c2ccccc2)c(C)c1. The minimum absolute atomic E-state index is 0.176. The molecule has 0 amide bonds. The van der Waals surface area contributed by atoms with Crippen LogP contribution in [0.2, 0.25) is 0 Å². The summed E-state index contributed by atoms with van der Waals surface area (Å²) in [6.07, 6.45) is 2.11. The number of hydrogen-bond acceptors (Lipinski definition) is 2. The van der Waals surface area contributed by atoms with Crippen LogP contribution in [-0.2, 0) is 11.3 Å². The van der Waals surface area contributed by atoms with Crippen molar-refractivity contribution in [3.63, 3.8) is 0 Å². The van der Waals surface area contributed by atoms with E-state index in [2.05, 4.69) is 68.1 Å². The van der Waals surface area contributed by atoms with Gasteiger partial charge in [-0.3, -0.25) is 0 Å². The lowest BCUT2D eigenvalue weighted by molar-refractivity contribution is -0.734. The average Bonchev–Trinajstić information content (AvgIpc) is 2.98. The Kier molecular flexibility index (Phi) is 3.69. The number of aryl methyl sites for hydroxylation is 3. The van der Waals surface area contributed by atoms with E-state index in [1.807, 2.05) is 10.7 Å². The molecule has 2 aromatic carbocycles. The average molecular weight is 320 g/mol. The summed E-state index contributed by atoms with van der Waals surface area (Å²) in [6.45, 7) is 7.66. The zero-order valence-electron chi connectivity index (χ0n) is 14.4. The molecule has 122 valence electrons. The first-order valence-electron chi connectivity index (χ1n) is 8.34. The van der Waals surface area contributed by atoms with Crippen LogP contribution in [0, 0.1) is 20.8 Å². The minimum Gasteiger partial charge on any atom is -0.366 e. The molecule has 24 heavy (non-hydrogen) atoms. The first-order chi connectivity index (χ1) is 11.6. The molecule has 0 N–H and O–H groups in total. The molecule has 3 aromatic rings. The molecule has 0 radical (unpaired) electrons. The van der Waals surface area contributed by atoms with Crippen molar-refractivity contribution in [2.24, 2.45) is 0 Å². The zero-order chi connectivity index (χ0) is 16.7. The summed E-state index contributed by atoms with van der Waals surface area (Å²) in [5, 5.41) is 4.80. The van der Waals surface area contributed by atoms with Gasteiger partial charge in [0, 0.05) is 5.10 Å². The van der Waals surface area contributed by atoms with Crippen LogP contribution in [-0.4, -0.2) is 16.4 Å². The van der Waals surface area contributed by atoms with Gasteiger partial charge in [-0.05, 0) is 37.5 Å². The number of nitrogens with zero attached hydrogens (tertiary/aromatic N) is 3. The Bertz CT molecular complexity index is 860. The first-order valence-corrected chi connectivity index (χ1v) is 8.34. The standard InChI is InChI=1S/C20H22N3O/c1-14-9-15(2)20(16(3)10-14)23-13-22-18(11-24-12-19(22)21-23)17-7-5-4-6-8-17/h4-10,13,18H,11-12H2,1-3H3/q+1/t18-/m0/s1. The highest BCUT2D eigenvalue weighted by atomic mass is 16.5. The summed E-state index contributed by atoms with van der Waals surface area (Å²) in [5.74, 6) is 0.967. The second-order valence-electron chi connectivity index (χ2n) is 6.57. The quantitative estimate of drug-likeness (QED) is 0.679. The number of rotatable bonds is 2. The molecule has 0 saturated carbocycles. The molecular formula is C20H22N3O+. The van der Waals surface area contributed by atoms with Gasteiger partial charge in [0.05, 0.1) is 6.61 Å². The smallest absolute Gasteiger partial charge is 0.304 e. The summed E-state index contributed by atoms with van der Waals surface area (Å²) >= 11 is 0. The molecule has 4 heteroatoms. The van der Waals surface area contributed by atoms with Crippen LogP contribution in [0.25, 0.3) is 5.69 Å². The highest BCUT2D eigenvalue weighted by molar-refractivity contribution is 5.48. The van der Waals surface area contributed by atoms with Crippen molar-refractivity contribution in [3.05, 3.63) is 76.9 Å².